The SMILES string of the molecule is C/C(=C/c1ccccc1)C1CO1. The summed E-state index contributed by atoms with van der Waals surface area (Å²) in [4.78, 5) is 0. The van der Waals surface area contributed by atoms with Crippen LogP contribution in [0.2, 0.25) is 0 Å². The molecule has 1 heteroatoms. The molecule has 12 heavy (non-hydrogen) atoms. The van der Waals surface area contributed by atoms with Crippen LogP contribution in [0.5, 0.6) is 0 Å². The predicted molar refractivity (Wildman–Crippen MR) is 49.8 cm³/mol. The van der Waals surface area contributed by atoms with Crippen LogP contribution in [-0.2, 0) is 4.74 Å². The Morgan fingerprint density at radius 2 is 2.08 bits per heavy atom. The third kappa shape index (κ3) is 1.74. The van der Waals surface area contributed by atoms with Crippen LogP contribution in [0.3, 0.4) is 0 Å². The van der Waals surface area contributed by atoms with Crippen LogP contribution >= 0.6 is 0 Å². The van der Waals surface area contributed by atoms with Gasteiger partial charge in [-0.05, 0) is 18.1 Å². The molecule has 1 aromatic rings. The summed E-state index contributed by atoms with van der Waals surface area (Å²) in [6, 6.07) is 10.3. The second-order valence-corrected chi connectivity index (χ2v) is 3.12. The first-order valence-corrected chi connectivity index (χ1v) is 4.21. The van der Waals surface area contributed by atoms with E-state index in [1.165, 1.54) is 11.1 Å². The van der Waals surface area contributed by atoms with Gasteiger partial charge in [0.15, 0.2) is 0 Å². The van der Waals surface area contributed by atoms with E-state index in [0.717, 1.165) is 6.61 Å². The Morgan fingerprint density at radius 1 is 1.42 bits per heavy atom. The molecule has 0 amide bonds. The molecule has 0 aliphatic carbocycles. The van der Waals surface area contributed by atoms with E-state index in [2.05, 4.69) is 25.1 Å². The molecule has 1 heterocycles. The van der Waals surface area contributed by atoms with Crippen LogP contribution < -0.4 is 0 Å². The van der Waals surface area contributed by atoms with Crippen LogP contribution in [0.1, 0.15) is 12.5 Å². The molecule has 0 N–H and O–H groups in total. The zero-order valence-electron chi connectivity index (χ0n) is 7.16. The van der Waals surface area contributed by atoms with Crippen LogP contribution in [0.25, 0.3) is 6.08 Å². The molecule has 0 aromatic heterocycles. The number of ether oxygens (including phenoxy) is 1. The Bertz CT molecular complexity index is 283. The topological polar surface area (TPSA) is 12.5 Å². The van der Waals surface area contributed by atoms with E-state index < -0.39 is 0 Å². The molecule has 1 fully saturated rings. The van der Waals surface area contributed by atoms with E-state index in [1.54, 1.807) is 0 Å². The van der Waals surface area contributed by atoms with E-state index in [0.29, 0.717) is 6.10 Å². The minimum Gasteiger partial charge on any atom is -0.368 e. The van der Waals surface area contributed by atoms with Gasteiger partial charge in [-0.2, -0.15) is 0 Å². The number of hydrogen-bond acceptors (Lipinski definition) is 1. The van der Waals surface area contributed by atoms with Crippen molar-refractivity contribution in [2.45, 2.75) is 13.0 Å². The highest BCUT2D eigenvalue weighted by Gasteiger charge is 2.23. The van der Waals surface area contributed by atoms with Gasteiger partial charge in [0.05, 0.1) is 6.61 Å². The molecule has 1 aliphatic rings. The maximum absolute atomic E-state index is 5.17. The van der Waals surface area contributed by atoms with Gasteiger partial charge in [-0.15, -0.1) is 0 Å². The number of hydrogen-bond donors (Lipinski definition) is 0. The lowest BCUT2D eigenvalue weighted by Gasteiger charge is -1.95. The van der Waals surface area contributed by atoms with E-state index in [4.69, 9.17) is 4.74 Å². The fourth-order valence-electron chi connectivity index (χ4n) is 1.22. The second-order valence-electron chi connectivity index (χ2n) is 3.12. The molecule has 1 aliphatic heterocycles. The van der Waals surface area contributed by atoms with Gasteiger partial charge in [0.1, 0.15) is 6.10 Å². The Morgan fingerprint density at radius 3 is 2.67 bits per heavy atom. The Kier molecular flexibility index (Phi) is 1.96. The predicted octanol–water partition coefficient (Wildman–Crippen LogP) is 2.49. The first-order chi connectivity index (χ1) is 5.86. The van der Waals surface area contributed by atoms with Crippen molar-refractivity contribution < 1.29 is 4.74 Å². The van der Waals surface area contributed by atoms with Gasteiger partial charge < -0.3 is 4.74 Å². The minimum absolute atomic E-state index is 0.394. The average molecular weight is 160 g/mol. The molecule has 1 aromatic carbocycles. The normalized spacial score (nSPS) is 22.4. The maximum Gasteiger partial charge on any atom is 0.102 e. The number of epoxide rings is 1. The maximum atomic E-state index is 5.17. The molecular formula is C11H12O. The van der Waals surface area contributed by atoms with Crippen LogP contribution in [0, 0.1) is 0 Å². The van der Waals surface area contributed by atoms with Crippen LogP contribution in [0.4, 0.5) is 0 Å². The first-order valence-electron chi connectivity index (χ1n) is 4.21. The Labute approximate surface area is 72.7 Å². The summed E-state index contributed by atoms with van der Waals surface area (Å²) in [5, 5.41) is 0. The van der Waals surface area contributed by atoms with E-state index >= 15 is 0 Å². The van der Waals surface area contributed by atoms with Gasteiger partial charge in [-0.25, -0.2) is 0 Å². The zero-order chi connectivity index (χ0) is 8.39. The first kappa shape index (κ1) is 7.56. The fraction of sp³-hybridized carbons (Fsp3) is 0.273. The summed E-state index contributed by atoms with van der Waals surface area (Å²) in [6.45, 7) is 3.01. The Balaban J connectivity index is 2.15. The summed E-state index contributed by atoms with van der Waals surface area (Å²) in [5.74, 6) is 0. The van der Waals surface area contributed by atoms with Crippen molar-refractivity contribution in [2.24, 2.45) is 0 Å². The lowest BCUT2D eigenvalue weighted by atomic mass is 10.1. The van der Waals surface area contributed by atoms with Crippen molar-refractivity contribution in [1.82, 2.24) is 0 Å². The highest BCUT2D eigenvalue weighted by molar-refractivity contribution is 5.53. The average Bonchev–Trinajstić information content (AvgIpc) is 2.88. The summed E-state index contributed by atoms with van der Waals surface area (Å²) in [6.07, 6.45) is 2.57. The lowest BCUT2D eigenvalue weighted by molar-refractivity contribution is 0.432. The molecule has 1 nitrogen and oxygen atoms in total. The molecule has 0 radical (unpaired) electrons. The summed E-state index contributed by atoms with van der Waals surface area (Å²) in [5.41, 5.74) is 2.58. The third-order valence-electron chi connectivity index (χ3n) is 2.04. The number of benzene rings is 1. The lowest BCUT2D eigenvalue weighted by Crippen LogP contribution is -1.85. The molecule has 2 rings (SSSR count). The largest absolute Gasteiger partial charge is 0.368 e. The molecule has 0 bridgehead atoms. The monoisotopic (exact) mass is 160 g/mol. The standard InChI is InChI=1S/C11H12O/c1-9(11-8-12-11)7-10-5-3-2-4-6-10/h2-7,11H,8H2,1H3/b9-7-. The number of rotatable bonds is 2. The molecular weight excluding hydrogens is 148 g/mol. The third-order valence-corrected chi connectivity index (χ3v) is 2.04. The molecule has 1 saturated heterocycles. The second kappa shape index (κ2) is 3.11. The van der Waals surface area contributed by atoms with Crippen LogP contribution in [0.15, 0.2) is 35.9 Å². The van der Waals surface area contributed by atoms with Gasteiger partial charge in [-0.3, -0.25) is 0 Å². The summed E-state index contributed by atoms with van der Waals surface area (Å²) >= 11 is 0. The van der Waals surface area contributed by atoms with E-state index in [1.807, 2.05) is 18.2 Å². The smallest absolute Gasteiger partial charge is 0.102 e. The van der Waals surface area contributed by atoms with Crippen molar-refractivity contribution in [3.63, 3.8) is 0 Å². The molecule has 62 valence electrons. The quantitative estimate of drug-likeness (QED) is 0.605. The minimum atomic E-state index is 0.394. The van der Waals surface area contributed by atoms with Crippen molar-refractivity contribution in [3.05, 3.63) is 41.5 Å². The van der Waals surface area contributed by atoms with Gasteiger partial charge in [0.2, 0.25) is 0 Å². The Hall–Kier alpha value is -1.08. The highest BCUT2D eigenvalue weighted by atomic mass is 16.6. The van der Waals surface area contributed by atoms with Crippen molar-refractivity contribution >= 4 is 6.08 Å². The van der Waals surface area contributed by atoms with Gasteiger partial charge in [0, 0.05) is 0 Å². The molecule has 1 atom stereocenters. The van der Waals surface area contributed by atoms with Gasteiger partial charge >= 0.3 is 0 Å². The fourth-order valence-corrected chi connectivity index (χ4v) is 1.22. The summed E-state index contributed by atoms with van der Waals surface area (Å²) in [7, 11) is 0. The van der Waals surface area contributed by atoms with Gasteiger partial charge in [0.25, 0.3) is 0 Å². The van der Waals surface area contributed by atoms with E-state index in [9.17, 15) is 0 Å². The molecule has 0 spiro atoms. The van der Waals surface area contributed by atoms with E-state index in [-0.39, 0.29) is 0 Å². The molecule has 0 saturated carbocycles. The zero-order valence-corrected chi connectivity index (χ0v) is 7.16. The summed E-state index contributed by atoms with van der Waals surface area (Å²) < 4.78 is 5.17. The van der Waals surface area contributed by atoms with Crippen molar-refractivity contribution in [3.8, 4) is 0 Å². The van der Waals surface area contributed by atoms with Crippen molar-refractivity contribution in [2.75, 3.05) is 6.61 Å². The molecule has 1 unspecified atom stereocenters. The van der Waals surface area contributed by atoms with Gasteiger partial charge in [-0.1, -0.05) is 36.4 Å². The van der Waals surface area contributed by atoms with Crippen LogP contribution in [-0.4, -0.2) is 12.7 Å². The highest BCUT2D eigenvalue weighted by Crippen LogP contribution is 2.20. The van der Waals surface area contributed by atoms with Crippen molar-refractivity contribution in [1.29, 1.82) is 0 Å².